The van der Waals surface area contributed by atoms with Crippen LogP contribution in [0, 0.1) is 0 Å². The molecule has 250 valence electrons. The van der Waals surface area contributed by atoms with E-state index >= 15 is 0 Å². The van der Waals surface area contributed by atoms with E-state index in [0.29, 0.717) is 36.7 Å². The summed E-state index contributed by atoms with van der Waals surface area (Å²) in [6, 6.07) is 8.20. The molecule has 0 aromatic heterocycles. The minimum Gasteiger partial charge on any atom is -0.756 e. The summed E-state index contributed by atoms with van der Waals surface area (Å²) in [6.45, 7) is 0.694. The summed E-state index contributed by atoms with van der Waals surface area (Å²) >= 11 is 0. The lowest BCUT2D eigenvalue weighted by Gasteiger charge is -2.31. The quantitative estimate of drug-likeness (QED) is 0.0503. The molecule has 0 fully saturated rings. The molecule has 0 aliphatic rings. The highest BCUT2D eigenvalue weighted by molar-refractivity contribution is 7.44. The van der Waals surface area contributed by atoms with Gasteiger partial charge in [-0.15, -0.1) is 0 Å². The number of rotatable bonds is 28. The van der Waals surface area contributed by atoms with Crippen molar-refractivity contribution in [2.24, 2.45) is 0 Å². The molecule has 0 radical (unpaired) electrons. The number of phosphoric acid groups is 1. The first-order valence-electron chi connectivity index (χ1n) is 17.0. The number of aliphatic hydroxyl groups excluding tert-OH is 1. The smallest absolute Gasteiger partial charge is 0.265 e. The lowest BCUT2D eigenvalue weighted by atomic mass is 10.0. The molecule has 2 atom stereocenters. The fourth-order valence-electron chi connectivity index (χ4n) is 5.53. The second kappa shape index (κ2) is 24.0. The highest BCUT2D eigenvalue weighted by Gasteiger charge is 2.22. The van der Waals surface area contributed by atoms with E-state index in [1.165, 1.54) is 95.5 Å². The fourth-order valence-corrected chi connectivity index (χ4v) is 6.08. The third-order valence-electron chi connectivity index (χ3n) is 7.82. The van der Waals surface area contributed by atoms with Gasteiger partial charge in [-0.05, 0) is 49.8 Å². The predicted octanol–water partition coefficient (Wildman–Crippen LogP) is 7.51. The van der Waals surface area contributed by atoms with E-state index in [-0.39, 0.29) is 12.5 Å². The number of nitrogens with zero attached hydrogens (tertiary/aromatic N) is 1. The zero-order valence-corrected chi connectivity index (χ0v) is 28.5. The summed E-state index contributed by atoms with van der Waals surface area (Å²) in [7, 11) is 1.28. The van der Waals surface area contributed by atoms with Crippen LogP contribution in [-0.4, -0.2) is 60.8 Å². The third-order valence-corrected chi connectivity index (χ3v) is 8.39. The number of anilines is 1. The Bertz CT molecular complexity index is 869. The van der Waals surface area contributed by atoms with Gasteiger partial charge in [0.1, 0.15) is 12.6 Å². The van der Waals surface area contributed by atoms with E-state index in [0.717, 1.165) is 24.9 Å². The number of nitrogens with one attached hydrogen (secondary N) is 1. The lowest BCUT2D eigenvalue weighted by Crippen LogP contribution is -2.42. The Balaban J connectivity index is 1.90. The van der Waals surface area contributed by atoms with Crippen LogP contribution in [0.5, 0.6) is 0 Å². The maximum atomic E-state index is 11.9. The molecule has 9 heteroatoms. The molecule has 0 aliphatic carbocycles. The molecule has 8 nitrogen and oxygen atoms in total. The Morgan fingerprint density at radius 3 is 1.70 bits per heavy atom. The standard InChI is InChI=1S/C34H63N2O6P/c1-36(2,3)30-33(42-43(39,40)41)23-19-17-15-13-11-9-7-5-4-6-8-10-12-14-16-18-22-31-25-27-32(28-26-31)35-34(38)24-20-21-29-37/h25-28,33,37H,4-24,29-30H2,1-3H3,(H2-,35,38,39,40,41). The Morgan fingerprint density at radius 1 is 0.791 bits per heavy atom. The zero-order valence-electron chi connectivity index (χ0n) is 27.6. The normalized spacial score (nSPS) is 14.0. The molecule has 1 aromatic rings. The number of aryl methyl sites for hydroxylation is 1. The summed E-state index contributed by atoms with van der Waals surface area (Å²) in [4.78, 5) is 32.1. The highest BCUT2D eigenvalue weighted by atomic mass is 31.2. The summed E-state index contributed by atoms with van der Waals surface area (Å²) in [5, 5.41) is 11.7. The molecule has 0 bridgehead atoms. The molecule has 1 rings (SSSR count). The van der Waals surface area contributed by atoms with Crippen LogP contribution in [0.25, 0.3) is 0 Å². The largest absolute Gasteiger partial charge is 0.756 e. The van der Waals surface area contributed by atoms with Crippen molar-refractivity contribution >= 4 is 19.4 Å². The first-order valence-corrected chi connectivity index (χ1v) is 18.5. The van der Waals surface area contributed by atoms with Crippen LogP contribution >= 0.6 is 7.82 Å². The van der Waals surface area contributed by atoms with Gasteiger partial charge in [-0.3, -0.25) is 9.36 Å². The van der Waals surface area contributed by atoms with Gasteiger partial charge in [-0.2, -0.15) is 0 Å². The second-order valence-electron chi connectivity index (χ2n) is 13.3. The number of hydrogen-bond donors (Lipinski definition) is 3. The minimum atomic E-state index is -4.69. The molecule has 0 saturated heterocycles. The predicted molar refractivity (Wildman–Crippen MR) is 176 cm³/mol. The van der Waals surface area contributed by atoms with E-state index in [2.05, 4.69) is 17.4 Å². The van der Waals surface area contributed by atoms with E-state index in [1.807, 2.05) is 33.3 Å². The van der Waals surface area contributed by atoms with Crippen molar-refractivity contribution in [3.8, 4) is 0 Å². The van der Waals surface area contributed by atoms with Crippen LogP contribution in [-0.2, 0) is 20.3 Å². The van der Waals surface area contributed by atoms with Crippen molar-refractivity contribution in [3.05, 3.63) is 29.8 Å². The Hall–Kier alpha value is -1.28. The van der Waals surface area contributed by atoms with E-state index < -0.39 is 13.9 Å². The topological polar surface area (TPSA) is 119 Å². The number of benzene rings is 1. The minimum absolute atomic E-state index is 0.0114. The molecule has 1 aromatic carbocycles. The summed E-state index contributed by atoms with van der Waals surface area (Å²) in [5.74, 6) is 0.0114. The number of aliphatic hydroxyl groups is 1. The van der Waals surface area contributed by atoms with Gasteiger partial charge in [-0.25, -0.2) is 0 Å². The molecule has 0 saturated carbocycles. The molecule has 43 heavy (non-hydrogen) atoms. The third kappa shape index (κ3) is 25.7. The van der Waals surface area contributed by atoms with Crippen molar-refractivity contribution in [3.63, 3.8) is 0 Å². The number of phosphoric ester groups is 1. The van der Waals surface area contributed by atoms with Crippen LogP contribution in [0.1, 0.15) is 134 Å². The van der Waals surface area contributed by atoms with Crippen LogP contribution < -0.4 is 10.2 Å². The van der Waals surface area contributed by atoms with Gasteiger partial charge < -0.3 is 29.2 Å². The number of carbonyl (C=O) groups is 1. The molecule has 0 spiro atoms. The van der Waals surface area contributed by atoms with Crippen molar-refractivity contribution in [2.75, 3.05) is 39.6 Å². The Morgan fingerprint density at radius 2 is 1.26 bits per heavy atom. The van der Waals surface area contributed by atoms with Crippen molar-refractivity contribution < 1.29 is 33.3 Å². The van der Waals surface area contributed by atoms with Crippen LogP contribution in [0.15, 0.2) is 24.3 Å². The number of carbonyl (C=O) groups excluding carboxylic acids is 1. The maximum Gasteiger partial charge on any atom is 0.265 e. The van der Waals surface area contributed by atoms with Crippen molar-refractivity contribution in [1.82, 2.24) is 0 Å². The number of hydrogen-bond acceptors (Lipinski definition) is 5. The lowest BCUT2D eigenvalue weighted by molar-refractivity contribution is -0.873. The van der Waals surface area contributed by atoms with Crippen LogP contribution in [0.3, 0.4) is 0 Å². The number of quaternary nitrogens is 1. The average Bonchev–Trinajstić information content (AvgIpc) is 2.91. The molecule has 3 N–H and O–H groups in total. The molecule has 2 unspecified atom stereocenters. The first-order chi connectivity index (χ1) is 20.5. The molecule has 0 aliphatic heterocycles. The van der Waals surface area contributed by atoms with Crippen molar-refractivity contribution in [1.29, 1.82) is 0 Å². The molecular formula is C34H63N2O6P. The van der Waals surface area contributed by atoms with Gasteiger partial charge >= 0.3 is 0 Å². The molecule has 0 heterocycles. The van der Waals surface area contributed by atoms with E-state index in [1.54, 1.807) is 0 Å². The Kier molecular flexibility index (Phi) is 22.2. The fraction of sp³-hybridized carbons (Fsp3) is 0.794. The van der Waals surface area contributed by atoms with Gasteiger partial charge in [0.25, 0.3) is 7.82 Å². The molecular weight excluding hydrogens is 563 g/mol. The van der Waals surface area contributed by atoms with Crippen molar-refractivity contribution in [2.45, 2.75) is 141 Å². The number of unbranched alkanes of at least 4 members (excludes halogenated alkanes) is 16. The van der Waals surface area contributed by atoms with Gasteiger partial charge in [0, 0.05) is 18.7 Å². The Labute approximate surface area is 262 Å². The molecule has 1 amide bonds. The summed E-state index contributed by atoms with van der Waals surface area (Å²) in [6.07, 6.45) is 23.3. The van der Waals surface area contributed by atoms with Gasteiger partial charge in [0.05, 0.1) is 21.1 Å². The van der Waals surface area contributed by atoms with Gasteiger partial charge in [-0.1, -0.05) is 108 Å². The first kappa shape index (κ1) is 39.7. The van der Waals surface area contributed by atoms with Crippen LogP contribution in [0.4, 0.5) is 5.69 Å². The van der Waals surface area contributed by atoms with Gasteiger partial charge in [0.15, 0.2) is 0 Å². The zero-order chi connectivity index (χ0) is 31.8. The monoisotopic (exact) mass is 626 g/mol. The van der Waals surface area contributed by atoms with Crippen LogP contribution in [0.2, 0.25) is 0 Å². The second-order valence-corrected chi connectivity index (χ2v) is 14.4. The maximum absolute atomic E-state index is 11.9. The van der Waals surface area contributed by atoms with E-state index in [9.17, 15) is 14.3 Å². The SMILES string of the molecule is C[N+](C)(C)CC(CCCCCCCCCCCCCCCCCCc1ccc(NC(=O)CCCCO)cc1)OP(=O)([O-])O. The van der Waals surface area contributed by atoms with Gasteiger partial charge in [0.2, 0.25) is 5.91 Å². The average molecular weight is 627 g/mol. The number of likely N-dealkylation sites (N-methyl/N-ethyl adjacent to an activating group) is 1. The van der Waals surface area contributed by atoms with E-state index in [4.69, 9.17) is 14.5 Å². The number of amides is 1. The highest BCUT2D eigenvalue weighted by Crippen LogP contribution is 2.34. The summed E-state index contributed by atoms with van der Waals surface area (Å²) < 4.78 is 16.6. The summed E-state index contributed by atoms with van der Waals surface area (Å²) in [5.41, 5.74) is 2.17.